The first-order valence-electron chi connectivity index (χ1n) is 5.33. The number of methoxy groups -OCH3 is 1. The van der Waals surface area contributed by atoms with E-state index in [9.17, 15) is 4.79 Å². The number of hydrogen-bond donors (Lipinski definition) is 1. The molecule has 0 bridgehead atoms. The van der Waals surface area contributed by atoms with Crippen molar-refractivity contribution in [1.29, 1.82) is 0 Å². The Bertz CT molecular complexity index is 652. The molecule has 0 saturated carbocycles. The third-order valence-corrected chi connectivity index (χ3v) is 4.07. The summed E-state index contributed by atoms with van der Waals surface area (Å²) in [5.41, 5.74) is 2.62. The number of halogens is 1. The Morgan fingerprint density at radius 2 is 2.06 bits per heavy atom. The van der Waals surface area contributed by atoms with Gasteiger partial charge in [0.15, 0.2) is 5.69 Å². The number of benzene rings is 1. The number of carboxylic acids is 1. The van der Waals surface area contributed by atoms with Crippen molar-refractivity contribution >= 4 is 32.8 Å². The molecule has 0 unspecified atom stereocenters. The Kier molecular flexibility index (Phi) is 3.26. The molecule has 2 rings (SSSR count). The van der Waals surface area contributed by atoms with Crippen molar-refractivity contribution in [3.05, 3.63) is 33.4 Å². The van der Waals surface area contributed by atoms with Gasteiger partial charge in [0.1, 0.15) is 5.75 Å². The van der Waals surface area contributed by atoms with Gasteiger partial charge in [-0.15, -0.1) is 0 Å². The van der Waals surface area contributed by atoms with Crippen LogP contribution in [0.15, 0.2) is 16.6 Å². The van der Waals surface area contributed by atoms with E-state index in [1.54, 1.807) is 0 Å². The van der Waals surface area contributed by atoms with Crippen LogP contribution >= 0.6 is 15.9 Å². The van der Waals surface area contributed by atoms with Crippen molar-refractivity contribution in [3.63, 3.8) is 0 Å². The molecule has 18 heavy (non-hydrogen) atoms. The second kappa shape index (κ2) is 4.57. The predicted octanol–water partition coefficient (Wildman–Crippen LogP) is 3.32. The Balaban J connectivity index is 2.92. The van der Waals surface area contributed by atoms with E-state index >= 15 is 0 Å². The standard InChI is InChI=1S/C13H12BrNO3/c1-6-4-8-11(7(2)12(6)14)10(18-3)5-9(15-8)13(16)17/h4-5H,1-3H3,(H,16,17). The number of rotatable bonds is 2. The predicted molar refractivity (Wildman–Crippen MR) is 72.4 cm³/mol. The van der Waals surface area contributed by atoms with E-state index in [1.807, 2.05) is 19.9 Å². The normalized spacial score (nSPS) is 10.7. The molecule has 1 aromatic carbocycles. The largest absolute Gasteiger partial charge is 0.496 e. The maximum atomic E-state index is 11.0. The zero-order valence-electron chi connectivity index (χ0n) is 10.2. The van der Waals surface area contributed by atoms with Crippen molar-refractivity contribution in [2.75, 3.05) is 7.11 Å². The molecule has 0 radical (unpaired) electrons. The molecule has 0 aliphatic carbocycles. The van der Waals surface area contributed by atoms with E-state index in [1.165, 1.54) is 13.2 Å². The van der Waals surface area contributed by atoms with Gasteiger partial charge in [0, 0.05) is 15.9 Å². The monoisotopic (exact) mass is 309 g/mol. The molecule has 0 spiro atoms. The highest BCUT2D eigenvalue weighted by atomic mass is 79.9. The summed E-state index contributed by atoms with van der Waals surface area (Å²) in [6.07, 6.45) is 0. The van der Waals surface area contributed by atoms with Crippen LogP contribution in [0, 0.1) is 13.8 Å². The lowest BCUT2D eigenvalue weighted by atomic mass is 10.0. The van der Waals surface area contributed by atoms with E-state index in [0.29, 0.717) is 11.3 Å². The van der Waals surface area contributed by atoms with Gasteiger partial charge in [0.2, 0.25) is 0 Å². The van der Waals surface area contributed by atoms with Crippen LogP contribution in [0.2, 0.25) is 0 Å². The van der Waals surface area contributed by atoms with Crippen LogP contribution in [0.4, 0.5) is 0 Å². The maximum Gasteiger partial charge on any atom is 0.354 e. The molecule has 0 saturated heterocycles. The number of fused-ring (bicyclic) bond motifs is 1. The fourth-order valence-electron chi connectivity index (χ4n) is 1.97. The van der Waals surface area contributed by atoms with Gasteiger partial charge in [-0.05, 0) is 31.0 Å². The van der Waals surface area contributed by atoms with Crippen LogP contribution in [0.1, 0.15) is 21.6 Å². The minimum absolute atomic E-state index is 0.0135. The van der Waals surface area contributed by atoms with E-state index in [2.05, 4.69) is 20.9 Å². The molecule has 5 heteroatoms. The Labute approximate surface area is 113 Å². The molecular weight excluding hydrogens is 298 g/mol. The van der Waals surface area contributed by atoms with Gasteiger partial charge >= 0.3 is 5.97 Å². The summed E-state index contributed by atoms with van der Waals surface area (Å²) >= 11 is 3.51. The molecule has 0 fully saturated rings. The molecule has 1 aromatic heterocycles. The fraction of sp³-hybridized carbons (Fsp3) is 0.231. The lowest BCUT2D eigenvalue weighted by Gasteiger charge is -2.12. The first-order valence-corrected chi connectivity index (χ1v) is 6.12. The summed E-state index contributed by atoms with van der Waals surface area (Å²) in [5, 5.41) is 9.86. The van der Waals surface area contributed by atoms with E-state index in [4.69, 9.17) is 9.84 Å². The summed E-state index contributed by atoms with van der Waals surface area (Å²) in [7, 11) is 1.52. The number of ether oxygens (including phenoxy) is 1. The van der Waals surface area contributed by atoms with E-state index < -0.39 is 5.97 Å². The van der Waals surface area contributed by atoms with Crippen LogP contribution < -0.4 is 4.74 Å². The second-order valence-corrected chi connectivity index (χ2v) is 4.83. The lowest BCUT2D eigenvalue weighted by Crippen LogP contribution is -2.03. The average molecular weight is 310 g/mol. The Morgan fingerprint density at radius 1 is 1.39 bits per heavy atom. The summed E-state index contributed by atoms with van der Waals surface area (Å²) < 4.78 is 6.25. The number of aromatic nitrogens is 1. The topological polar surface area (TPSA) is 59.4 Å². The van der Waals surface area contributed by atoms with Gasteiger partial charge in [-0.25, -0.2) is 9.78 Å². The third-order valence-electron chi connectivity index (χ3n) is 2.85. The zero-order chi connectivity index (χ0) is 13.4. The average Bonchev–Trinajstić information content (AvgIpc) is 2.34. The number of carboxylic acid groups (broad SMARTS) is 1. The minimum atomic E-state index is -1.06. The Morgan fingerprint density at radius 3 is 2.61 bits per heavy atom. The first-order chi connectivity index (χ1) is 8.45. The lowest BCUT2D eigenvalue weighted by molar-refractivity contribution is 0.0690. The summed E-state index contributed by atoms with van der Waals surface area (Å²) in [5.74, 6) is -0.538. The van der Waals surface area contributed by atoms with Crippen LogP contribution in [-0.4, -0.2) is 23.2 Å². The molecule has 0 aliphatic rings. The van der Waals surface area contributed by atoms with Crippen molar-refractivity contribution < 1.29 is 14.6 Å². The van der Waals surface area contributed by atoms with Crippen LogP contribution in [0.3, 0.4) is 0 Å². The number of nitrogens with zero attached hydrogens (tertiary/aromatic N) is 1. The SMILES string of the molecule is COc1cc(C(=O)O)nc2cc(C)c(Br)c(C)c12. The second-order valence-electron chi connectivity index (χ2n) is 4.04. The number of pyridine rings is 1. The molecule has 1 N–H and O–H groups in total. The van der Waals surface area contributed by atoms with Gasteiger partial charge in [-0.3, -0.25) is 0 Å². The molecule has 1 heterocycles. The first kappa shape index (κ1) is 12.8. The summed E-state index contributed by atoms with van der Waals surface area (Å²) in [4.78, 5) is 15.2. The van der Waals surface area contributed by atoms with Crippen LogP contribution in [-0.2, 0) is 0 Å². The molecule has 0 aliphatic heterocycles. The highest BCUT2D eigenvalue weighted by Crippen LogP contribution is 2.34. The van der Waals surface area contributed by atoms with Crippen molar-refractivity contribution in [3.8, 4) is 5.75 Å². The van der Waals surface area contributed by atoms with Crippen molar-refractivity contribution in [1.82, 2.24) is 4.98 Å². The number of aromatic carboxylic acids is 1. The third kappa shape index (κ3) is 1.95. The molecular formula is C13H12BrNO3. The summed E-state index contributed by atoms with van der Waals surface area (Å²) in [6.45, 7) is 3.89. The van der Waals surface area contributed by atoms with Gasteiger partial charge < -0.3 is 9.84 Å². The van der Waals surface area contributed by atoms with Crippen LogP contribution in [0.25, 0.3) is 10.9 Å². The highest BCUT2D eigenvalue weighted by Gasteiger charge is 2.15. The van der Waals surface area contributed by atoms with Crippen molar-refractivity contribution in [2.24, 2.45) is 0 Å². The molecule has 4 nitrogen and oxygen atoms in total. The number of aryl methyl sites for hydroxylation is 2. The van der Waals surface area contributed by atoms with Gasteiger partial charge in [-0.1, -0.05) is 15.9 Å². The van der Waals surface area contributed by atoms with Crippen LogP contribution in [0.5, 0.6) is 5.75 Å². The van der Waals surface area contributed by atoms with Gasteiger partial charge in [0.25, 0.3) is 0 Å². The molecule has 94 valence electrons. The maximum absolute atomic E-state index is 11.0. The Hall–Kier alpha value is -1.62. The van der Waals surface area contributed by atoms with Gasteiger partial charge in [0.05, 0.1) is 12.6 Å². The summed E-state index contributed by atoms with van der Waals surface area (Å²) in [6, 6.07) is 3.29. The fourth-order valence-corrected chi connectivity index (χ4v) is 2.28. The van der Waals surface area contributed by atoms with Gasteiger partial charge in [-0.2, -0.15) is 0 Å². The minimum Gasteiger partial charge on any atom is -0.496 e. The smallest absolute Gasteiger partial charge is 0.354 e. The highest BCUT2D eigenvalue weighted by molar-refractivity contribution is 9.10. The quantitative estimate of drug-likeness (QED) is 0.924. The number of carbonyl (C=O) groups is 1. The molecule has 0 atom stereocenters. The number of hydrogen-bond acceptors (Lipinski definition) is 3. The van der Waals surface area contributed by atoms with E-state index in [0.717, 1.165) is 21.0 Å². The van der Waals surface area contributed by atoms with Crippen molar-refractivity contribution in [2.45, 2.75) is 13.8 Å². The van der Waals surface area contributed by atoms with E-state index in [-0.39, 0.29) is 5.69 Å². The zero-order valence-corrected chi connectivity index (χ0v) is 11.8. The molecule has 0 amide bonds. The molecule has 2 aromatic rings.